The van der Waals surface area contributed by atoms with Gasteiger partial charge in [0.05, 0.1) is 6.10 Å². The molecule has 4 atom stereocenters. The van der Waals surface area contributed by atoms with Crippen molar-refractivity contribution >= 4 is 0 Å². The van der Waals surface area contributed by atoms with Gasteiger partial charge in [0.15, 0.2) is 0 Å². The molecule has 1 heterocycles. The van der Waals surface area contributed by atoms with E-state index in [1.165, 1.54) is 25.7 Å². The van der Waals surface area contributed by atoms with Crippen LogP contribution in [0.25, 0.3) is 0 Å². The van der Waals surface area contributed by atoms with Crippen molar-refractivity contribution in [2.24, 2.45) is 5.92 Å². The number of nitrogens with zero attached hydrogens (tertiary/aromatic N) is 1. The topological polar surface area (TPSA) is 23.5 Å². The van der Waals surface area contributed by atoms with Crippen LogP contribution in [0.2, 0.25) is 0 Å². The number of hydrogen-bond acceptors (Lipinski definition) is 2. The first kappa shape index (κ1) is 10.4. The van der Waals surface area contributed by atoms with Gasteiger partial charge < -0.3 is 5.11 Å². The second-order valence-corrected chi connectivity index (χ2v) is 5.47. The summed E-state index contributed by atoms with van der Waals surface area (Å²) in [7, 11) is 2.23. The molecule has 1 N–H and O–H groups in total. The van der Waals surface area contributed by atoms with Crippen LogP contribution in [-0.4, -0.2) is 34.7 Å². The van der Waals surface area contributed by atoms with E-state index in [0.717, 1.165) is 6.42 Å². The largest absolute Gasteiger partial charge is 0.393 e. The molecule has 1 aliphatic heterocycles. The fourth-order valence-corrected chi connectivity index (χ4v) is 3.56. The Morgan fingerprint density at radius 3 is 2.79 bits per heavy atom. The van der Waals surface area contributed by atoms with E-state index >= 15 is 0 Å². The molecule has 2 aliphatic rings. The van der Waals surface area contributed by atoms with Gasteiger partial charge in [-0.15, -0.1) is 0 Å². The summed E-state index contributed by atoms with van der Waals surface area (Å²) in [5.74, 6) is 0.512. The summed E-state index contributed by atoms with van der Waals surface area (Å²) >= 11 is 0. The van der Waals surface area contributed by atoms with Gasteiger partial charge in [0.2, 0.25) is 0 Å². The minimum Gasteiger partial charge on any atom is -0.393 e. The second-order valence-electron chi connectivity index (χ2n) is 5.47. The van der Waals surface area contributed by atoms with Gasteiger partial charge in [0, 0.05) is 17.5 Å². The number of likely N-dealkylation sites (tertiary alicyclic amines) is 1. The molecule has 1 aliphatic carbocycles. The van der Waals surface area contributed by atoms with E-state index in [1.807, 2.05) is 0 Å². The molecule has 0 aromatic rings. The molecule has 0 aromatic heterocycles. The second kappa shape index (κ2) is 3.49. The minimum absolute atomic E-state index is 0.0634. The van der Waals surface area contributed by atoms with E-state index in [1.54, 1.807) is 0 Å². The molecular weight excluding hydrogens is 174 g/mol. The maximum absolute atomic E-state index is 10.1. The third-order valence-electron chi connectivity index (χ3n) is 4.76. The van der Waals surface area contributed by atoms with Crippen LogP contribution < -0.4 is 0 Å². The smallest absolute Gasteiger partial charge is 0.0600 e. The lowest BCUT2D eigenvalue weighted by atomic mass is 9.66. The van der Waals surface area contributed by atoms with Crippen LogP contribution in [-0.2, 0) is 0 Å². The first-order chi connectivity index (χ1) is 6.55. The predicted octanol–water partition coefficient (Wildman–Crippen LogP) is 2.02. The van der Waals surface area contributed by atoms with Crippen molar-refractivity contribution in [2.45, 2.75) is 63.6 Å². The van der Waals surface area contributed by atoms with Crippen molar-refractivity contribution in [1.82, 2.24) is 4.90 Å². The molecule has 1 unspecified atom stereocenters. The van der Waals surface area contributed by atoms with E-state index in [2.05, 4.69) is 25.8 Å². The molecular formula is C12H23NO. The number of aliphatic hydroxyl groups excluding tert-OH is 1. The fourth-order valence-electron chi connectivity index (χ4n) is 3.56. The molecule has 14 heavy (non-hydrogen) atoms. The van der Waals surface area contributed by atoms with Gasteiger partial charge in [-0.1, -0.05) is 12.8 Å². The third kappa shape index (κ3) is 1.40. The lowest BCUT2D eigenvalue weighted by Gasteiger charge is -2.56. The van der Waals surface area contributed by atoms with E-state index < -0.39 is 0 Å². The molecule has 1 saturated carbocycles. The van der Waals surface area contributed by atoms with Crippen molar-refractivity contribution < 1.29 is 5.11 Å². The fraction of sp³-hybridized carbons (Fsp3) is 1.00. The molecule has 0 aromatic carbocycles. The third-order valence-corrected chi connectivity index (χ3v) is 4.76. The molecule has 0 amide bonds. The molecule has 0 spiro atoms. The highest BCUT2D eigenvalue weighted by Gasteiger charge is 2.48. The summed E-state index contributed by atoms with van der Waals surface area (Å²) in [6, 6.07) is 0.532. The minimum atomic E-state index is -0.0634. The molecule has 2 heteroatoms. The Kier molecular flexibility index (Phi) is 2.61. The maximum atomic E-state index is 10.1. The number of aliphatic hydroxyl groups is 1. The van der Waals surface area contributed by atoms with Gasteiger partial charge >= 0.3 is 0 Å². The highest BCUT2D eigenvalue weighted by Crippen LogP contribution is 2.44. The molecule has 1 saturated heterocycles. The van der Waals surface area contributed by atoms with Crippen LogP contribution in [0.5, 0.6) is 0 Å². The average molecular weight is 197 g/mol. The summed E-state index contributed by atoms with van der Waals surface area (Å²) in [5.41, 5.74) is 0.259. The number of hydrogen-bond donors (Lipinski definition) is 1. The Morgan fingerprint density at radius 1 is 1.36 bits per heavy atom. The number of piperidine rings is 1. The number of fused-ring (bicyclic) bond motifs is 1. The van der Waals surface area contributed by atoms with Gasteiger partial charge in [-0.25, -0.2) is 0 Å². The van der Waals surface area contributed by atoms with Gasteiger partial charge in [0.25, 0.3) is 0 Å². The van der Waals surface area contributed by atoms with E-state index in [-0.39, 0.29) is 11.6 Å². The Balaban J connectivity index is 2.24. The first-order valence-corrected chi connectivity index (χ1v) is 5.96. The average Bonchev–Trinajstić information content (AvgIpc) is 2.15. The van der Waals surface area contributed by atoms with Gasteiger partial charge in [-0.2, -0.15) is 0 Å². The zero-order valence-corrected chi connectivity index (χ0v) is 9.66. The van der Waals surface area contributed by atoms with Crippen molar-refractivity contribution in [2.75, 3.05) is 7.05 Å². The highest BCUT2D eigenvalue weighted by molar-refractivity contribution is 5.02. The van der Waals surface area contributed by atoms with E-state index in [0.29, 0.717) is 12.0 Å². The standard InChI is InChI=1S/C12H23NO/c1-9-8-11(14)10-6-4-5-7-12(10,2)13(9)3/h9-11,14H,4-8H2,1-3H3/t9-,10-,11?,12-/m0/s1. The molecule has 2 fully saturated rings. The molecule has 82 valence electrons. The maximum Gasteiger partial charge on any atom is 0.0600 e. The number of rotatable bonds is 0. The Hall–Kier alpha value is -0.0800. The van der Waals surface area contributed by atoms with Crippen molar-refractivity contribution in [3.05, 3.63) is 0 Å². The van der Waals surface area contributed by atoms with E-state index in [9.17, 15) is 5.11 Å². The van der Waals surface area contributed by atoms with Crippen molar-refractivity contribution in [3.63, 3.8) is 0 Å². The van der Waals surface area contributed by atoms with Gasteiger partial charge in [-0.05, 0) is 40.2 Å². The predicted molar refractivity (Wildman–Crippen MR) is 58.2 cm³/mol. The first-order valence-electron chi connectivity index (χ1n) is 5.96. The summed E-state index contributed by atoms with van der Waals surface area (Å²) in [5, 5.41) is 10.1. The Morgan fingerprint density at radius 2 is 2.07 bits per heavy atom. The Bertz CT molecular complexity index is 218. The molecule has 2 nitrogen and oxygen atoms in total. The van der Waals surface area contributed by atoms with Crippen LogP contribution >= 0.6 is 0 Å². The summed E-state index contributed by atoms with van der Waals surface area (Å²) in [6.07, 6.45) is 6.00. The van der Waals surface area contributed by atoms with Crippen molar-refractivity contribution in [3.8, 4) is 0 Å². The molecule has 0 bridgehead atoms. The zero-order valence-electron chi connectivity index (χ0n) is 9.66. The highest BCUT2D eigenvalue weighted by atomic mass is 16.3. The summed E-state index contributed by atoms with van der Waals surface area (Å²) in [6.45, 7) is 4.58. The SMILES string of the molecule is C[C@H]1CC(O)[C@@H]2CCCC[C@]2(C)N1C. The lowest BCUT2D eigenvalue weighted by molar-refractivity contribution is -0.103. The monoisotopic (exact) mass is 197 g/mol. The summed E-state index contributed by atoms with van der Waals surface area (Å²) in [4.78, 5) is 2.50. The van der Waals surface area contributed by atoms with E-state index in [4.69, 9.17) is 0 Å². The normalized spacial score (nSPS) is 50.1. The lowest BCUT2D eigenvalue weighted by Crippen LogP contribution is -2.62. The van der Waals surface area contributed by atoms with Gasteiger partial charge in [-0.3, -0.25) is 4.90 Å². The summed E-state index contributed by atoms with van der Waals surface area (Å²) < 4.78 is 0. The van der Waals surface area contributed by atoms with Gasteiger partial charge in [0.1, 0.15) is 0 Å². The molecule has 0 radical (unpaired) electrons. The van der Waals surface area contributed by atoms with Crippen LogP contribution in [0.4, 0.5) is 0 Å². The Labute approximate surface area is 87.3 Å². The molecule has 2 rings (SSSR count). The quantitative estimate of drug-likeness (QED) is 0.642. The van der Waals surface area contributed by atoms with Crippen LogP contribution in [0.1, 0.15) is 46.0 Å². The van der Waals surface area contributed by atoms with Crippen LogP contribution in [0, 0.1) is 5.92 Å². The van der Waals surface area contributed by atoms with Crippen LogP contribution in [0.3, 0.4) is 0 Å². The zero-order chi connectivity index (χ0) is 10.3. The van der Waals surface area contributed by atoms with Crippen LogP contribution in [0.15, 0.2) is 0 Å². The van der Waals surface area contributed by atoms with Crippen molar-refractivity contribution in [1.29, 1.82) is 0 Å².